The van der Waals surface area contributed by atoms with Crippen molar-refractivity contribution in [1.29, 1.82) is 0 Å². The number of rotatable bonds is 2. The first-order chi connectivity index (χ1) is 3.81. The minimum Gasteiger partial charge on any atom is -0.197 e. The maximum atomic E-state index is 11.6. The number of hydrogen-bond acceptors (Lipinski definition) is 0. The summed E-state index contributed by atoms with van der Waals surface area (Å²) in [5.74, 6) is -4.41. The Hall–Kier alpha value is -0.320. The fourth-order valence-electron chi connectivity index (χ4n) is 0.206. The molecular formula is C4H5F4O. The van der Waals surface area contributed by atoms with Crippen LogP contribution in [0.1, 0.15) is 13.3 Å². The molecule has 1 radical (unpaired) electrons. The van der Waals surface area contributed by atoms with Gasteiger partial charge in [0.2, 0.25) is 0 Å². The van der Waals surface area contributed by atoms with Crippen LogP contribution in [0.3, 0.4) is 0 Å². The zero-order valence-corrected chi connectivity index (χ0v) is 4.63. The highest BCUT2D eigenvalue weighted by atomic mass is 19.3. The molecule has 0 heterocycles. The molecule has 0 fully saturated rings. The molecule has 0 rings (SSSR count). The minimum absolute atomic E-state index is 0.825. The van der Waals surface area contributed by atoms with Crippen molar-refractivity contribution in [1.82, 2.24) is 0 Å². The summed E-state index contributed by atoms with van der Waals surface area (Å²) in [6.45, 7) is 0.825. The Kier molecular flexibility index (Phi) is 2.06. The molecule has 0 saturated carbocycles. The topological polar surface area (TPSA) is 19.9 Å². The summed E-state index contributed by atoms with van der Waals surface area (Å²) in [5.41, 5.74) is 0. The summed E-state index contributed by atoms with van der Waals surface area (Å²) >= 11 is 0. The van der Waals surface area contributed by atoms with Gasteiger partial charge in [-0.15, -0.1) is 0 Å². The van der Waals surface area contributed by atoms with Crippen molar-refractivity contribution in [3.63, 3.8) is 0 Å². The zero-order chi connectivity index (χ0) is 7.71. The fraction of sp³-hybridized carbons (Fsp3) is 1.00. The maximum absolute atomic E-state index is 11.6. The second-order valence-corrected chi connectivity index (χ2v) is 1.57. The third-order valence-corrected chi connectivity index (χ3v) is 0.870. The molecule has 0 saturated heterocycles. The van der Waals surface area contributed by atoms with Gasteiger partial charge in [0.15, 0.2) is 0 Å². The summed E-state index contributed by atoms with van der Waals surface area (Å²) in [7, 11) is 0. The highest BCUT2D eigenvalue weighted by Crippen LogP contribution is 2.34. The van der Waals surface area contributed by atoms with Gasteiger partial charge in [-0.25, -0.2) is 0 Å². The van der Waals surface area contributed by atoms with Crippen LogP contribution in [0.15, 0.2) is 0 Å². The summed E-state index contributed by atoms with van der Waals surface area (Å²) in [6.07, 6.45) is -6.27. The molecule has 5 heteroatoms. The molecular weight excluding hydrogens is 140 g/mol. The van der Waals surface area contributed by atoms with E-state index in [9.17, 15) is 22.7 Å². The van der Waals surface area contributed by atoms with E-state index in [1.807, 2.05) is 0 Å². The van der Waals surface area contributed by atoms with Crippen molar-refractivity contribution < 1.29 is 22.7 Å². The van der Waals surface area contributed by atoms with E-state index < -0.39 is 18.5 Å². The van der Waals surface area contributed by atoms with Gasteiger partial charge in [-0.05, 0) is 0 Å². The van der Waals surface area contributed by atoms with Crippen LogP contribution in [-0.2, 0) is 5.11 Å². The zero-order valence-electron chi connectivity index (χ0n) is 4.63. The van der Waals surface area contributed by atoms with Crippen molar-refractivity contribution in [3.8, 4) is 0 Å². The lowest BCUT2D eigenvalue weighted by molar-refractivity contribution is -0.353. The Morgan fingerprint density at radius 1 is 1.22 bits per heavy atom. The van der Waals surface area contributed by atoms with Crippen molar-refractivity contribution in [2.24, 2.45) is 0 Å². The van der Waals surface area contributed by atoms with Gasteiger partial charge in [-0.1, -0.05) is 6.92 Å². The highest BCUT2D eigenvalue weighted by molar-refractivity contribution is 4.71. The molecule has 0 atom stereocenters. The van der Waals surface area contributed by atoms with Gasteiger partial charge in [0, 0.05) is 6.42 Å². The van der Waals surface area contributed by atoms with Gasteiger partial charge >= 0.3 is 12.0 Å². The first kappa shape index (κ1) is 8.68. The summed E-state index contributed by atoms with van der Waals surface area (Å²) < 4.78 is 45.6. The summed E-state index contributed by atoms with van der Waals surface area (Å²) in [5, 5.41) is 9.27. The number of halogens is 4. The van der Waals surface area contributed by atoms with Crippen LogP contribution < -0.4 is 0 Å². The minimum atomic E-state index is -5.14. The molecule has 0 aromatic heterocycles. The quantitative estimate of drug-likeness (QED) is 0.530. The first-order valence-electron chi connectivity index (χ1n) is 2.27. The maximum Gasteiger partial charge on any atom is 0.445 e. The van der Waals surface area contributed by atoms with E-state index in [1.54, 1.807) is 0 Å². The molecule has 0 aromatic carbocycles. The van der Waals surface area contributed by atoms with Crippen LogP contribution in [0.25, 0.3) is 0 Å². The summed E-state index contributed by atoms with van der Waals surface area (Å²) in [6, 6.07) is 0. The third kappa shape index (κ3) is 1.82. The van der Waals surface area contributed by atoms with E-state index in [4.69, 9.17) is 0 Å². The van der Waals surface area contributed by atoms with Crippen molar-refractivity contribution in [2.45, 2.75) is 25.4 Å². The third-order valence-electron chi connectivity index (χ3n) is 0.870. The van der Waals surface area contributed by atoms with Crippen LogP contribution in [0.5, 0.6) is 0 Å². The molecule has 1 nitrogen and oxygen atoms in total. The largest absolute Gasteiger partial charge is 0.445 e. The molecule has 0 spiro atoms. The Balaban J connectivity index is 4.14. The van der Waals surface area contributed by atoms with E-state index in [-0.39, 0.29) is 0 Å². The molecule has 0 aromatic rings. The van der Waals surface area contributed by atoms with E-state index in [0.29, 0.717) is 0 Å². The lowest BCUT2D eigenvalue weighted by atomic mass is 10.2. The molecule has 55 valence electrons. The van der Waals surface area contributed by atoms with Gasteiger partial charge in [0.25, 0.3) is 0 Å². The van der Waals surface area contributed by atoms with Gasteiger partial charge in [-0.3, -0.25) is 0 Å². The molecule has 0 unspecified atom stereocenters. The highest BCUT2D eigenvalue weighted by Gasteiger charge is 2.55. The van der Waals surface area contributed by atoms with Crippen molar-refractivity contribution in [2.75, 3.05) is 0 Å². The molecule has 9 heavy (non-hydrogen) atoms. The Bertz CT molecular complexity index is 95.2. The Morgan fingerprint density at radius 2 is 1.56 bits per heavy atom. The molecule has 0 aliphatic heterocycles. The first-order valence-corrected chi connectivity index (χ1v) is 2.27. The van der Waals surface area contributed by atoms with Gasteiger partial charge in [0.05, 0.1) is 0 Å². The van der Waals surface area contributed by atoms with Crippen LogP contribution in [-0.4, -0.2) is 12.0 Å². The number of alkyl halides is 4. The van der Waals surface area contributed by atoms with E-state index in [2.05, 4.69) is 0 Å². The van der Waals surface area contributed by atoms with Crippen LogP contribution in [0.4, 0.5) is 17.6 Å². The lowest BCUT2D eigenvalue weighted by Crippen LogP contribution is -2.38. The fourth-order valence-corrected chi connectivity index (χ4v) is 0.206. The second kappa shape index (κ2) is 2.13. The predicted molar refractivity (Wildman–Crippen MR) is 20.9 cm³/mol. The average Bonchev–Trinajstić information content (AvgIpc) is 1.64. The van der Waals surface area contributed by atoms with Crippen LogP contribution >= 0.6 is 0 Å². The van der Waals surface area contributed by atoms with Crippen molar-refractivity contribution >= 4 is 0 Å². The Labute approximate surface area is 49.3 Å². The molecule has 0 aliphatic carbocycles. The lowest BCUT2D eigenvalue weighted by Gasteiger charge is -2.16. The predicted octanol–water partition coefficient (Wildman–Crippen LogP) is 2.05. The van der Waals surface area contributed by atoms with Crippen LogP contribution in [0, 0.1) is 0 Å². The standard InChI is InChI=1S/C4H5F4O/c1-2-3(5,6)4(7,8)9/h2H2,1H3. The van der Waals surface area contributed by atoms with Gasteiger partial charge in [-0.2, -0.15) is 22.7 Å². The molecule has 0 amide bonds. The van der Waals surface area contributed by atoms with E-state index in [1.165, 1.54) is 0 Å². The summed E-state index contributed by atoms with van der Waals surface area (Å²) in [4.78, 5) is 0. The monoisotopic (exact) mass is 145 g/mol. The van der Waals surface area contributed by atoms with Crippen LogP contribution in [0.2, 0.25) is 0 Å². The smallest absolute Gasteiger partial charge is 0.197 e. The normalized spacial score (nSPS) is 14.0. The molecule has 0 bridgehead atoms. The molecule has 0 N–H and O–H groups in total. The van der Waals surface area contributed by atoms with E-state index in [0.717, 1.165) is 6.92 Å². The SMILES string of the molecule is CCC(F)(F)C([O])(F)F. The van der Waals surface area contributed by atoms with Gasteiger partial charge < -0.3 is 0 Å². The van der Waals surface area contributed by atoms with E-state index >= 15 is 0 Å². The molecule has 0 aliphatic rings. The average molecular weight is 145 g/mol. The van der Waals surface area contributed by atoms with Gasteiger partial charge in [0.1, 0.15) is 0 Å². The number of hydrogen-bond donors (Lipinski definition) is 0. The second-order valence-electron chi connectivity index (χ2n) is 1.57. The Morgan fingerprint density at radius 3 is 1.56 bits per heavy atom. The van der Waals surface area contributed by atoms with Crippen molar-refractivity contribution in [3.05, 3.63) is 0 Å².